The summed E-state index contributed by atoms with van der Waals surface area (Å²) in [6, 6.07) is 4.27. The molecule has 1 saturated heterocycles. The molecule has 0 radical (unpaired) electrons. The molecule has 1 N–H and O–H groups in total. The van der Waals surface area contributed by atoms with E-state index >= 15 is 0 Å². The van der Waals surface area contributed by atoms with Crippen LogP contribution in [-0.4, -0.2) is 19.3 Å². The molecule has 0 saturated carbocycles. The van der Waals surface area contributed by atoms with Gasteiger partial charge in [0.05, 0.1) is 9.89 Å². The topological polar surface area (TPSA) is 21.3 Å². The molecule has 1 fully saturated rings. The highest BCUT2D eigenvalue weighted by atomic mass is 79.9. The van der Waals surface area contributed by atoms with Crippen LogP contribution in [0.2, 0.25) is 0 Å². The predicted octanol–water partition coefficient (Wildman–Crippen LogP) is 3.56. The first kappa shape index (κ1) is 12.6. The Morgan fingerprint density at radius 2 is 2.44 bits per heavy atom. The van der Waals surface area contributed by atoms with Crippen molar-refractivity contribution in [3.05, 3.63) is 20.8 Å². The molecule has 0 aromatic carbocycles. The van der Waals surface area contributed by atoms with E-state index in [-0.39, 0.29) is 0 Å². The molecule has 2 nitrogen and oxygen atoms in total. The van der Waals surface area contributed by atoms with E-state index in [0.29, 0.717) is 6.10 Å². The van der Waals surface area contributed by atoms with Crippen LogP contribution in [0.15, 0.2) is 15.9 Å². The fourth-order valence-electron chi connectivity index (χ4n) is 1.99. The van der Waals surface area contributed by atoms with Crippen molar-refractivity contribution in [1.82, 2.24) is 5.32 Å². The van der Waals surface area contributed by atoms with Crippen molar-refractivity contribution >= 4 is 27.3 Å². The molecule has 0 spiro atoms. The summed E-state index contributed by atoms with van der Waals surface area (Å²) in [5, 5.41) is 3.47. The normalized spacial score (nSPS) is 20.4. The largest absolute Gasteiger partial charge is 0.378 e. The van der Waals surface area contributed by atoms with Gasteiger partial charge in [-0.2, -0.15) is 0 Å². The monoisotopic (exact) mass is 303 g/mol. The molecular weight excluding hydrogens is 286 g/mol. The van der Waals surface area contributed by atoms with Crippen LogP contribution >= 0.6 is 27.3 Å². The summed E-state index contributed by atoms with van der Waals surface area (Å²) in [6.45, 7) is 3.05. The lowest BCUT2D eigenvalue weighted by Gasteiger charge is -2.08. The standard InChI is InChI=1S/C12H18BrNOS/c13-12-6-5-11(16-12)9-14-7-1-3-10-4-2-8-15-10/h5-6,10,14H,1-4,7-9H2. The average Bonchev–Trinajstić information content (AvgIpc) is 2.89. The number of nitrogens with one attached hydrogen (secondary N) is 1. The van der Waals surface area contributed by atoms with E-state index in [0.717, 1.165) is 19.7 Å². The van der Waals surface area contributed by atoms with Crippen molar-refractivity contribution in [2.45, 2.75) is 38.3 Å². The molecular formula is C12H18BrNOS. The van der Waals surface area contributed by atoms with Gasteiger partial charge in [0.15, 0.2) is 0 Å². The van der Waals surface area contributed by atoms with Crippen LogP contribution in [0.1, 0.15) is 30.6 Å². The average molecular weight is 304 g/mol. The van der Waals surface area contributed by atoms with E-state index in [1.807, 2.05) is 0 Å². The maximum Gasteiger partial charge on any atom is 0.0701 e. The number of ether oxygens (including phenoxy) is 1. The maximum atomic E-state index is 5.59. The van der Waals surface area contributed by atoms with Gasteiger partial charge in [-0.05, 0) is 60.3 Å². The molecule has 1 aromatic heterocycles. The summed E-state index contributed by atoms with van der Waals surface area (Å²) in [5.74, 6) is 0. The van der Waals surface area contributed by atoms with E-state index in [2.05, 4.69) is 33.4 Å². The van der Waals surface area contributed by atoms with Gasteiger partial charge in [0.1, 0.15) is 0 Å². The highest BCUT2D eigenvalue weighted by molar-refractivity contribution is 9.11. The van der Waals surface area contributed by atoms with E-state index in [1.54, 1.807) is 11.3 Å². The van der Waals surface area contributed by atoms with Crippen molar-refractivity contribution in [1.29, 1.82) is 0 Å². The van der Waals surface area contributed by atoms with Gasteiger partial charge in [-0.1, -0.05) is 0 Å². The molecule has 90 valence electrons. The van der Waals surface area contributed by atoms with Gasteiger partial charge in [0.2, 0.25) is 0 Å². The smallest absolute Gasteiger partial charge is 0.0701 e. The molecule has 4 heteroatoms. The molecule has 0 aliphatic carbocycles. The molecule has 1 aliphatic rings. The third-order valence-electron chi connectivity index (χ3n) is 2.83. The Kier molecular flexibility index (Phi) is 5.29. The minimum absolute atomic E-state index is 0.540. The minimum Gasteiger partial charge on any atom is -0.378 e. The van der Waals surface area contributed by atoms with Crippen LogP contribution in [0.4, 0.5) is 0 Å². The Morgan fingerprint density at radius 3 is 3.12 bits per heavy atom. The zero-order chi connectivity index (χ0) is 11.2. The first-order valence-electron chi connectivity index (χ1n) is 5.91. The SMILES string of the molecule is Brc1ccc(CNCCCC2CCCO2)s1. The zero-order valence-corrected chi connectivity index (χ0v) is 11.8. The minimum atomic E-state index is 0.540. The Balaban J connectivity index is 1.51. The molecule has 1 aliphatic heterocycles. The van der Waals surface area contributed by atoms with Gasteiger partial charge in [-0.3, -0.25) is 0 Å². The summed E-state index contributed by atoms with van der Waals surface area (Å²) >= 11 is 5.27. The van der Waals surface area contributed by atoms with Crippen LogP contribution in [0.3, 0.4) is 0 Å². The molecule has 0 amide bonds. The third kappa shape index (κ3) is 4.17. The second kappa shape index (κ2) is 6.74. The first-order valence-corrected chi connectivity index (χ1v) is 7.52. The van der Waals surface area contributed by atoms with E-state index < -0.39 is 0 Å². The van der Waals surface area contributed by atoms with Crippen molar-refractivity contribution in [3.63, 3.8) is 0 Å². The quantitative estimate of drug-likeness (QED) is 0.811. The highest BCUT2D eigenvalue weighted by Gasteiger charge is 2.14. The summed E-state index contributed by atoms with van der Waals surface area (Å²) in [5.41, 5.74) is 0. The van der Waals surface area contributed by atoms with Crippen LogP contribution in [0.25, 0.3) is 0 Å². The zero-order valence-electron chi connectivity index (χ0n) is 9.38. The lowest BCUT2D eigenvalue weighted by Crippen LogP contribution is -2.16. The first-order chi connectivity index (χ1) is 7.84. The fraction of sp³-hybridized carbons (Fsp3) is 0.667. The highest BCUT2D eigenvalue weighted by Crippen LogP contribution is 2.21. The van der Waals surface area contributed by atoms with Gasteiger partial charge < -0.3 is 10.1 Å². The molecule has 1 aromatic rings. The Hall–Kier alpha value is 0.1000. The molecule has 16 heavy (non-hydrogen) atoms. The second-order valence-corrected chi connectivity index (χ2v) is 6.71. The van der Waals surface area contributed by atoms with Crippen molar-refractivity contribution in [3.8, 4) is 0 Å². The third-order valence-corrected chi connectivity index (χ3v) is 4.46. The Bertz CT molecular complexity index is 310. The van der Waals surface area contributed by atoms with Gasteiger partial charge in [-0.15, -0.1) is 11.3 Å². The summed E-state index contributed by atoms with van der Waals surface area (Å²) in [4.78, 5) is 1.39. The lowest BCUT2D eigenvalue weighted by atomic mass is 10.1. The van der Waals surface area contributed by atoms with Crippen LogP contribution in [0, 0.1) is 0 Å². The molecule has 0 bridgehead atoms. The number of halogens is 1. The van der Waals surface area contributed by atoms with E-state index in [9.17, 15) is 0 Å². The summed E-state index contributed by atoms with van der Waals surface area (Å²) in [6.07, 6.45) is 5.48. The maximum absolute atomic E-state index is 5.59. The molecule has 1 unspecified atom stereocenters. The molecule has 2 heterocycles. The number of thiophene rings is 1. The molecule has 1 atom stereocenters. The van der Waals surface area contributed by atoms with Crippen molar-refractivity contribution in [2.24, 2.45) is 0 Å². The number of hydrogen-bond acceptors (Lipinski definition) is 3. The van der Waals surface area contributed by atoms with Gasteiger partial charge in [0.25, 0.3) is 0 Å². The molecule has 2 rings (SSSR count). The number of hydrogen-bond donors (Lipinski definition) is 1. The van der Waals surface area contributed by atoms with Crippen LogP contribution in [0.5, 0.6) is 0 Å². The van der Waals surface area contributed by atoms with Crippen molar-refractivity contribution in [2.75, 3.05) is 13.2 Å². The lowest BCUT2D eigenvalue weighted by molar-refractivity contribution is 0.102. The van der Waals surface area contributed by atoms with Crippen LogP contribution in [-0.2, 0) is 11.3 Å². The predicted molar refractivity (Wildman–Crippen MR) is 71.9 cm³/mol. The summed E-state index contributed by atoms with van der Waals surface area (Å²) in [7, 11) is 0. The van der Waals surface area contributed by atoms with Crippen molar-refractivity contribution < 1.29 is 4.74 Å². The van der Waals surface area contributed by atoms with Gasteiger partial charge in [-0.25, -0.2) is 0 Å². The Morgan fingerprint density at radius 1 is 1.50 bits per heavy atom. The second-order valence-electron chi connectivity index (χ2n) is 4.16. The fourth-order valence-corrected chi connectivity index (χ4v) is 3.44. The van der Waals surface area contributed by atoms with E-state index in [4.69, 9.17) is 4.74 Å². The van der Waals surface area contributed by atoms with Gasteiger partial charge in [0, 0.05) is 18.0 Å². The Labute approximate surface area is 110 Å². The number of rotatable bonds is 6. The summed E-state index contributed by atoms with van der Waals surface area (Å²) < 4.78 is 6.80. The van der Waals surface area contributed by atoms with Crippen LogP contribution < -0.4 is 5.32 Å². The van der Waals surface area contributed by atoms with E-state index in [1.165, 1.54) is 34.3 Å². The van der Waals surface area contributed by atoms with Gasteiger partial charge >= 0.3 is 0 Å².